The summed E-state index contributed by atoms with van der Waals surface area (Å²) in [6.07, 6.45) is 1.78. The highest BCUT2D eigenvalue weighted by atomic mass is 35.5. The average molecular weight is 350 g/mol. The molecule has 0 aliphatic heterocycles. The van der Waals surface area contributed by atoms with Gasteiger partial charge in [-0.2, -0.15) is 0 Å². The highest BCUT2D eigenvalue weighted by Crippen LogP contribution is 2.37. The average Bonchev–Trinajstić information content (AvgIpc) is 2.52. The lowest BCUT2D eigenvalue weighted by Gasteiger charge is -2.14. The van der Waals surface area contributed by atoms with Crippen molar-refractivity contribution in [1.29, 1.82) is 0 Å². The molecule has 0 aliphatic rings. The van der Waals surface area contributed by atoms with Gasteiger partial charge in [-0.15, -0.1) is 0 Å². The van der Waals surface area contributed by atoms with Crippen molar-refractivity contribution >= 4 is 46.6 Å². The molecule has 0 saturated heterocycles. The minimum Gasteiger partial charge on any atom is -0.366 e. The predicted molar refractivity (Wildman–Crippen MR) is 102 cm³/mol. The molecule has 0 heterocycles. The normalized spacial score (nSPS) is 11.0. The number of hydrogen-bond acceptors (Lipinski definition) is 2. The second-order valence-electron chi connectivity index (χ2n) is 5.57. The van der Waals surface area contributed by atoms with Crippen LogP contribution in [0.15, 0.2) is 35.3 Å². The van der Waals surface area contributed by atoms with Crippen molar-refractivity contribution in [2.75, 3.05) is 18.9 Å². The molecule has 2 aromatic carbocycles. The van der Waals surface area contributed by atoms with E-state index in [9.17, 15) is 0 Å². The monoisotopic (exact) mass is 349 g/mol. The van der Waals surface area contributed by atoms with E-state index in [4.69, 9.17) is 23.2 Å². The molecular formula is C18H21Cl2N3. The highest BCUT2D eigenvalue weighted by molar-refractivity contribution is 6.36. The molecule has 0 aromatic heterocycles. The summed E-state index contributed by atoms with van der Waals surface area (Å²) in [6, 6.07) is 9.80. The van der Waals surface area contributed by atoms with Crippen LogP contribution in [0.3, 0.4) is 0 Å². The molecule has 2 aromatic rings. The summed E-state index contributed by atoms with van der Waals surface area (Å²) in [5.41, 5.74) is 4.57. The lowest BCUT2D eigenvalue weighted by Crippen LogP contribution is -2.14. The van der Waals surface area contributed by atoms with Crippen molar-refractivity contribution in [3.63, 3.8) is 0 Å². The first kappa shape index (κ1) is 17.6. The Morgan fingerprint density at radius 2 is 1.78 bits per heavy atom. The molecule has 0 aliphatic carbocycles. The van der Waals surface area contributed by atoms with Crippen molar-refractivity contribution in [1.82, 2.24) is 4.90 Å². The maximum Gasteiger partial charge on any atom is 0.0910 e. The SMILES string of the molecule is CCN(C)/C=N\c1cc(C)cc(Nc2cc(C)ccc2Cl)c1Cl. The second-order valence-corrected chi connectivity index (χ2v) is 6.36. The van der Waals surface area contributed by atoms with Gasteiger partial charge in [0.15, 0.2) is 0 Å². The minimum absolute atomic E-state index is 0.578. The molecule has 0 amide bonds. The number of aryl methyl sites for hydroxylation is 2. The van der Waals surface area contributed by atoms with Crippen molar-refractivity contribution in [2.45, 2.75) is 20.8 Å². The number of aliphatic imine (C=N–C) groups is 1. The first-order chi connectivity index (χ1) is 10.9. The Morgan fingerprint density at radius 3 is 2.48 bits per heavy atom. The number of halogens is 2. The van der Waals surface area contributed by atoms with Gasteiger partial charge in [0, 0.05) is 13.6 Å². The van der Waals surface area contributed by atoms with E-state index >= 15 is 0 Å². The van der Waals surface area contributed by atoms with Gasteiger partial charge in [0.2, 0.25) is 0 Å². The highest BCUT2D eigenvalue weighted by Gasteiger charge is 2.09. The lowest BCUT2D eigenvalue weighted by atomic mass is 10.1. The van der Waals surface area contributed by atoms with Crippen LogP contribution in [0.4, 0.5) is 17.1 Å². The predicted octanol–water partition coefficient (Wildman–Crippen LogP) is 5.97. The fraction of sp³-hybridized carbons (Fsp3) is 0.278. The largest absolute Gasteiger partial charge is 0.366 e. The van der Waals surface area contributed by atoms with Crippen LogP contribution in [0.5, 0.6) is 0 Å². The summed E-state index contributed by atoms with van der Waals surface area (Å²) in [7, 11) is 1.97. The summed E-state index contributed by atoms with van der Waals surface area (Å²) < 4.78 is 0. The van der Waals surface area contributed by atoms with Crippen LogP contribution in [0.2, 0.25) is 10.0 Å². The van der Waals surface area contributed by atoms with Gasteiger partial charge in [-0.25, -0.2) is 4.99 Å². The molecule has 0 atom stereocenters. The standard InChI is InChI=1S/C18H21Cl2N3/c1-5-23(4)11-21-16-9-13(3)10-17(18(16)20)22-15-8-12(2)6-7-14(15)19/h6-11,22H,5H2,1-4H3/b21-11-. The Morgan fingerprint density at radius 1 is 1.09 bits per heavy atom. The van der Waals surface area contributed by atoms with Crippen molar-refractivity contribution in [3.05, 3.63) is 51.5 Å². The van der Waals surface area contributed by atoms with E-state index in [-0.39, 0.29) is 0 Å². The third kappa shape index (κ3) is 4.63. The molecule has 0 fully saturated rings. The smallest absolute Gasteiger partial charge is 0.0910 e. The maximum atomic E-state index is 6.51. The van der Waals surface area contributed by atoms with Crippen molar-refractivity contribution in [2.24, 2.45) is 4.99 Å². The fourth-order valence-electron chi connectivity index (χ4n) is 2.06. The van der Waals surface area contributed by atoms with E-state index in [0.717, 1.165) is 34.7 Å². The van der Waals surface area contributed by atoms with Crippen LogP contribution in [-0.2, 0) is 0 Å². The Hall–Kier alpha value is -1.71. The number of rotatable bonds is 5. The van der Waals surface area contributed by atoms with Crippen LogP contribution < -0.4 is 5.32 Å². The van der Waals surface area contributed by atoms with Gasteiger partial charge < -0.3 is 10.2 Å². The number of nitrogens with zero attached hydrogens (tertiary/aromatic N) is 2. The lowest BCUT2D eigenvalue weighted by molar-refractivity contribution is 0.552. The molecule has 23 heavy (non-hydrogen) atoms. The number of anilines is 2. The molecule has 0 radical (unpaired) electrons. The number of hydrogen-bond donors (Lipinski definition) is 1. The van der Waals surface area contributed by atoms with E-state index < -0.39 is 0 Å². The van der Waals surface area contributed by atoms with Crippen LogP contribution in [0.1, 0.15) is 18.1 Å². The third-order valence-corrected chi connectivity index (χ3v) is 4.21. The van der Waals surface area contributed by atoms with Crippen LogP contribution >= 0.6 is 23.2 Å². The van der Waals surface area contributed by atoms with Gasteiger partial charge >= 0.3 is 0 Å². The molecule has 0 spiro atoms. The third-order valence-electron chi connectivity index (χ3n) is 3.48. The van der Waals surface area contributed by atoms with Crippen molar-refractivity contribution in [3.8, 4) is 0 Å². The zero-order chi connectivity index (χ0) is 17.0. The van der Waals surface area contributed by atoms with Crippen LogP contribution in [-0.4, -0.2) is 24.8 Å². The first-order valence-electron chi connectivity index (χ1n) is 7.48. The van der Waals surface area contributed by atoms with Gasteiger partial charge in [-0.05, 0) is 56.2 Å². The Kier molecular flexibility index (Phi) is 5.91. The topological polar surface area (TPSA) is 27.6 Å². The molecule has 0 saturated carbocycles. The molecule has 1 N–H and O–H groups in total. The van der Waals surface area contributed by atoms with Gasteiger partial charge in [-0.1, -0.05) is 29.3 Å². The molecular weight excluding hydrogens is 329 g/mol. The zero-order valence-electron chi connectivity index (χ0n) is 13.8. The molecule has 122 valence electrons. The molecule has 0 unspecified atom stereocenters. The summed E-state index contributed by atoms with van der Waals surface area (Å²) in [5.74, 6) is 0. The van der Waals surface area contributed by atoms with Gasteiger partial charge in [-0.3, -0.25) is 0 Å². The van der Waals surface area contributed by atoms with Gasteiger partial charge in [0.1, 0.15) is 0 Å². The summed E-state index contributed by atoms with van der Waals surface area (Å²) in [5, 5.41) is 4.55. The quantitative estimate of drug-likeness (QED) is 0.532. The molecule has 3 nitrogen and oxygen atoms in total. The Labute approximate surface area is 147 Å². The maximum absolute atomic E-state index is 6.51. The van der Waals surface area contributed by atoms with E-state index in [1.54, 1.807) is 6.34 Å². The van der Waals surface area contributed by atoms with E-state index in [0.29, 0.717) is 10.0 Å². The zero-order valence-corrected chi connectivity index (χ0v) is 15.3. The van der Waals surface area contributed by atoms with E-state index in [1.807, 2.05) is 56.1 Å². The number of benzene rings is 2. The van der Waals surface area contributed by atoms with Crippen LogP contribution in [0.25, 0.3) is 0 Å². The number of nitrogens with one attached hydrogen (secondary N) is 1. The van der Waals surface area contributed by atoms with Gasteiger partial charge in [0.05, 0.1) is 33.4 Å². The Bertz CT molecular complexity index is 726. The summed E-state index contributed by atoms with van der Waals surface area (Å²) in [6.45, 7) is 6.99. The summed E-state index contributed by atoms with van der Waals surface area (Å²) >= 11 is 12.8. The first-order valence-corrected chi connectivity index (χ1v) is 8.24. The minimum atomic E-state index is 0.578. The Balaban J connectivity index is 2.37. The summed E-state index contributed by atoms with van der Waals surface area (Å²) in [4.78, 5) is 6.46. The molecule has 2 rings (SSSR count). The molecule has 0 bridgehead atoms. The van der Waals surface area contributed by atoms with E-state index in [1.165, 1.54) is 0 Å². The second kappa shape index (κ2) is 7.71. The van der Waals surface area contributed by atoms with Crippen LogP contribution in [0, 0.1) is 13.8 Å². The van der Waals surface area contributed by atoms with E-state index in [2.05, 4.69) is 17.2 Å². The molecule has 5 heteroatoms. The van der Waals surface area contributed by atoms with Crippen molar-refractivity contribution < 1.29 is 0 Å². The fourth-order valence-corrected chi connectivity index (χ4v) is 2.43. The van der Waals surface area contributed by atoms with Gasteiger partial charge in [0.25, 0.3) is 0 Å².